The topological polar surface area (TPSA) is 50.7 Å². The van der Waals surface area contributed by atoms with Gasteiger partial charge in [0.1, 0.15) is 11.8 Å². The summed E-state index contributed by atoms with van der Waals surface area (Å²) >= 11 is 0. The van der Waals surface area contributed by atoms with Gasteiger partial charge in [-0.2, -0.15) is 0 Å². The van der Waals surface area contributed by atoms with Crippen LogP contribution in [0.1, 0.15) is 12.8 Å². The molecular weight excluding hydrogens is 176 g/mol. The summed E-state index contributed by atoms with van der Waals surface area (Å²) in [7, 11) is 0. The van der Waals surface area contributed by atoms with Gasteiger partial charge in [-0.3, -0.25) is 4.98 Å². The van der Waals surface area contributed by atoms with Gasteiger partial charge in [0.15, 0.2) is 5.82 Å². The minimum Gasteiger partial charge on any atom is -0.365 e. The molecule has 1 aliphatic carbocycles. The van der Waals surface area contributed by atoms with Gasteiger partial charge in [0.05, 0.1) is 5.52 Å². The lowest BCUT2D eigenvalue weighted by Crippen LogP contribution is -2.04. The van der Waals surface area contributed by atoms with E-state index in [1.807, 2.05) is 12.1 Å². The molecule has 3 rings (SSSR count). The Morgan fingerprint density at radius 2 is 2.14 bits per heavy atom. The first kappa shape index (κ1) is 7.67. The molecule has 0 unspecified atom stereocenters. The quantitative estimate of drug-likeness (QED) is 0.774. The van der Waals surface area contributed by atoms with Crippen LogP contribution in [0.3, 0.4) is 0 Å². The summed E-state index contributed by atoms with van der Waals surface area (Å²) in [6, 6.07) is 4.42. The summed E-state index contributed by atoms with van der Waals surface area (Å²) in [5.41, 5.74) is 1.76. The summed E-state index contributed by atoms with van der Waals surface area (Å²) < 4.78 is 0. The molecule has 1 saturated carbocycles. The number of rotatable bonds is 2. The predicted octanol–water partition coefficient (Wildman–Crippen LogP) is 1.60. The lowest BCUT2D eigenvalue weighted by molar-refractivity contribution is 1.09. The Kier molecular flexibility index (Phi) is 1.59. The molecule has 1 fully saturated rings. The second-order valence-electron chi connectivity index (χ2n) is 3.51. The molecule has 0 spiro atoms. The van der Waals surface area contributed by atoms with Crippen molar-refractivity contribution in [3.63, 3.8) is 0 Å². The van der Waals surface area contributed by atoms with Gasteiger partial charge in [0.2, 0.25) is 0 Å². The summed E-state index contributed by atoms with van der Waals surface area (Å²) in [5.74, 6) is 0.859. The minimum atomic E-state index is 0.593. The lowest BCUT2D eigenvalue weighted by atomic mass is 10.3. The van der Waals surface area contributed by atoms with Crippen LogP contribution in [0.25, 0.3) is 11.0 Å². The Labute approximate surface area is 81.4 Å². The highest BCUT2D eigenvalue weighted by Gasteiger charge is 2.22. The standard InChI is InChI=1S/C10H10N4/c1-2-8-9(11-5-1)10(13-6-12-8)14-7-3-4-7/h1-2,5-7H,3-4H2,(H,12,13,14). The summed E-state index contributed by atoms with van der Waals surface area (Å²) in [4.78, 5) is 12.6. The van der Waals surface area contributed by atoms with Crippen molar-refractivity contribution in [3.05, 3.63) is 24.7 Å². The van der Waals surface area contributed by atoms with Gasteiger partial charge in [0.25, 0.3) is 0 Å². The number of anilines is 1. The van der Waals surface area contributed by atoms with Crippen LogP contribution in [0, 0.1) is 0 Å². The van der Waals surface area contributed by atoms with E-state index in [4.69, 9.17) is 0 Å². The van der Waals surface area contributed by atoms with Crippen molar-refractivity contribution in [3.8, 4) is 0 Å². The molecule has 0 radical (unpaired) electrons. The highest BCUT2D eigenvalue weighted by Crippen LogP contribution is 2.26. The van der Waals surface area contributed by atoms with Crippen molar-refractivity contribution in [2.75, 3.05) is 5.32 Å². The Morgan fingerprint density at radius 3 is 3.00 bits per heavy atom. The van der Waals surface area contributed by atoms with Crippen molar-refractivity contribution in [1.29, 1.82) is 0 Å². The third kappa shape index (κ3) is 1.28. The van der Waals surface area contributed by atoms with Crippen molar-refractivity contribution in [1.82, 2.24) is 15.0 Å². The highest BCUT2D eigenvalue weighted by molar-refractivity contribution is 5.84. The van der Waals surface area contributed by atoms with E-state index in [9.17, 15) is 0 Å². The van der Waals surface area contributed by atoms with Crippen molar-refractivity contribution >= 4 is 16.9 Å². The number of fused-ring (bicyclic) bond motifs is 1. The third-order valence-electron chi connectivity index (χ3n) is 2.31. The van der Waals surface area contributed by atoms with E-state index in [0.29, 0.717) is 6.04 Å². The first-order valence-electron chi connectivity index (χ1n) is 4.76. The lowest BCUT2D eigenvalue weighted by Gasteiger charge is -2.04. The minimum absolute atomic E-state index is 0.593. The second kappa shape index (κ2) is 2.90. The number of nitrogens with zero attached hydrogens (tertiary/aromatic N) is 3. The van der Waals surface area contributed by atoms with Gasteiger partial charge in [-0.05, 0) is 25.0 Å². The fourth-order valence-electron chi connectivity index (χ4n) is 1.42. The number of aromatic nitrogens is 3. The van der Waals surface area contributed by atoms with E-state index in [-0.39, 0.29) is 0 Å². The average Bonchev–Trinajstić information content (AvgIpc) is 3.03. The molecule has 14 heavy (non-hydrogen) atoms. The molecule has 0 bridgehead atoms. The second-order valence-corrected chi connectivity index (χ2v) is 3.51. The van der Waals surface area contributed by atoms with Gasteiger partial charge >= 0.3 is 0 Å². The molecule has 0 aliphatic heterocycles. The normalized spacial score (nSPS) is 15.7. The maximum Gasteiger partial charge on any atom is 0.156 e. The Hall–Kier alpha value is -1.71. The van der Waals surface area contributed by atoms with Gasteiger partial charge in [-0.1, -0.05) is 0 Å². The van der Waals surface area contributed by atoms with E-state index in [1.165, 1.54) is 12.8 Å². The maximum absolute atomic E-state index is 4.27. The van der Waals surface area contributed by atoms with Crippen LogP contribution in [-0.4, -0.2) is 21.0 Å². The van der Waals surface area contributed by atoms with Crippen molar-refractivity contribution in [2.45, 2.75) is 18.9 Å². The summed E-state index contributed by atoms with van der Waals surface area (Å²) in [6.45, 7) is 0. The van der Waals surface area contributed by atoms with Crippen LogP contribution < -0.4 is 5.32 Å². The van der Waals surface area contributed by atoms with Crippen LogP contribution >= 0.6 is 0 Å². The Bertz CT molecular complexity index is 459. The number of pyridine rings is 1. The first-order chi connectivity index (χ1) is 6.93. The van der Waals surface area contributed by atoms with Crippen LogP contribution in [0.2, 0.25) is 0 Å². The third-order valence-corrected chi connectivity index (χ3v) is 2.31. The molecule has 2 heterocycles. The molecule has 2 aromatic rings. The van der Waals surface area contributed by atoms with Crippen LogP contribution in [0.4, 0.5) is 5.82 Å². The van der Waals surface area contributed by atoms with Crippen LogP contribution in [0.15, 0.2) is 24.7 Å². The zero-order valence-corrected chi connectivity index (χ0v) is 7.64. The molecular formula is C10H10N4. The highest BCUT2D eigenvalue weighted by atomic mass is 15.1. The Morgan fingerprint density at radius 1 is 1.21 bits per heavy atom. The Balaban J connectivity index is 2.11. The van der Waals surface area contributed by atoms with E-state index in [1.54, 1.807) is 12.5 Å². The zero-order valence-electron chi connectivity index (χ0n) is 7.64. The first-order valence-corrected chi connectivity index (χ1v) is 4.76. The van der Waals surface area contributed by atoms with Crippen LogP contribution in [0.5, 0.6) is 0 Å². The van der Waals surface area contributed by atoms with Crippen molar-refractivity contribution < 1.29 is 0 Å². The number of nitrogens with one attached hydrogen (secondary N) is 1. The van der Waals surface area contributed by atoms with Gasteiger partial charge < -0.3 is 5.32 Å². The zero-order chi connectivity index (χ0) is 9.38. The summed E-state index contributed by atoms with van der Waals surface area (Å²) in [5, 5.41) is 3.35. The molecule has 0 atom stereocenters. The molecule has 0 amide bonds. The molecule has 2 aromatic heterocycles. The predicted molar refractivity (Wildman–Crippen MR) is 54.0 cm³/mol. The van der Waals surface area contributed by atoms with E-state index < -0.39 is 0 Å². The SMILES string of the molecule is c1cnc2c(NC3CC3)ncnc2c1. The van der Waals surface area contributed by atoms with Crippen molar-refractivity contribution in [2.24, 2.45) is 0 Å². The molecule has 1 N–H and O–H groups in total. The average molecular weight is 186 g/mol. The molecule has 0 saturated heterocycles. The van der Waals surface area contributed by atoms with E-state index >= 15 is 0 Å². The van der Waals surface area contributed by atoms with E-state index in [0.717, 1.165) is 16.9 Å². The maximum atomic E-state index is 4.27. The molecule has 70 valence electrons. The monoisotopic (exact) mass is 186 g/mol. The fourth-order valence-corrected chi connectivity index (χ4v) is 1.42. The molecule has 4 nitrogen and oxygen atoms in total. The van der Waals surface area contributed by atoms with Crippen LogP contribution in [-0.2, 0) is 0 Å². The molecule has 1 aliphatic rings. The molecule has 0 aromatic carbocycles. The largest absolute Gasteiger partial charge is 0.365 e. The van der Waals surface area contributed by atoms with Gasteiger partial charge in [-0.25, -0.2) is 9.97 Å². The number of hydrogen-bond acceptors (Lipinski definition) is 4. The van der Waals surface area contributed by atoms with E-state index in [2.05, 4.69) is 20.3 Å². The van der Waals surface area contributed by atoms with Gasteiger partial charge in [-0.15, -0.1) is 0 Å². The summed E-state index contributed by atoms with van der Waals surface area (Å²) in [6.07, 6.45) is 5.81. The molecule has 4 heteroatoms. The fraction of sp³-hybridized carbons (Fsp3) is 0.300. The smallest absolute Gasteiger partial charge is 0.156 e. The van der Waals surface area contributed by atoms with Gasteiger partial charge in [0, 0.05) is 12.2 Å². The number of hydrogen-bond donors (Lipinski definition) is 1.